The summed E-state index contributed by atoms with van der Waals surface area (Å²) in [6.45, 7) is 0. The number of rotatable bonds is 2. The van der Waals surface area contributed by atoms with Crippen LogP contribution in [0.25, 0.3) is 11.4 Å². The van der Waals surface area contributed by atoms with Gasteiger partial charge in [-0.05, 0) is 40.8 Å². The van der Waals surface area contributed by atoms with Crippen LogP contribution in [0.2, 0.25) is 0 Å². The van der Waals surface area contributed by atoms with Gasteiger partial charge in [-0.1, -0.05) is 0 Å². The summed E-state index contributed by atoms with van der Waals surface area (Å²) in [7, 11) is 2.74. The van der Waals surface area contributed by atoms with Crippen LogP contribution in [0.4, 0.5) is 4.39 Å². The van der Waals surface area contributed by atoms with E-state index in [-0.39, 0.29) is 11.0 Å². The number of aromatic nitrogens is 3. The van der Waals surface area contributed by atoms with Crippen molar-refractivity contribution < 1.29 is 12.8 Å². The Morgan fingerprint density at radius 1 is 1.39 bits per heavy atom. The molecule has 0 aliphatic heterocycles. The normalized spacial score (nSPS) is 11.8. The topological polar surface area (TPSA) is 64.8 Å². The zero-order chi connectivity index (χ0) is 13.5. The molecular formula is C9H6ClFIN3O2S. The first-order valence-corrected chi connectivity index (χ1v) is 7.99. The van der Waals surface area contributed by atoms with Gasteiger partial charge in [0.1, 0.15) is 5.82 Å². The molecule has 0 radical (unpaired) electrons. The van der Waals surface area contributed by atoms with E-state index in [2.05, 4.69) is 10.2 Å². The molecular weight excluding hydrogens is 396 g/mol. The van der Waals surface area contributed by atoms with E-state index in [1.807, 2.05) is 22.6 Å². The summed E-state index contributed by atoms with van der Waals surface area (Å²) in [6.07, 6.45) is 0. The fourth-order valence-electron chi connectivity index (χ4n) is 1.43. The van der Waals surface area contributed by atoms with Crippen LogP contribution in [-0.4, -0.2) is 23.2 Å². The molecule has 0 atom stereocenters. The van der Waals surface area contributed by atoms with Gasteiger partial charge in [-0.3, -0.25) is 4.57 Å². The van der Waals surface area contributed by atoms with Crippen molar-refractivity contribution in [1.29, 1.82) is 0 Å². The van der Waals surface area contributed by atoms with Crippen molar-refractivity contribution in [3.05, 3.63) is 27.6 Å². The van der Waals surface area contributed by atoms with E-state index in [1.54, 1.807) is 0 Å². The van der Waals surface area contributed by atoms with E-state index in [0.29, 0.717) is 15.0 Å². The van der Waals surface area contributed by atoms with Crippen molar-refractivity contribution in [3.63, 3.8) is 0 Å². The first-order chi connectivity index (χ1) is 8.30. The van der Waals surface area contributed by atoms with Gasteiger partial charge in [-0.2, -0.15) is 0 Å². The lowest BCUT2D eigenvalue weighted by Gasteiger charge is -2.04. The second-order valence-corrected chi connectivity index (χ2v) is 7.05. The molecule has 1 heterocycles. The SMILES string of the molecule is Cn1c(-c2ccc(F)cc2I)nnc1S(=O)(=O)Cl. The molecule has 2 aromatic rings. The van der Waals surface area contributed by atoms with Crippen molar-refractivity contribution in [2.24, 2.45) is 7.05 Å². The third kappa shape index (κ3) is 2.50. The number of nitrogens with zero attached hydrogens (tertiary/aromatic N) is 3. The van der Waals surface area contributed by atoms with Gasteiger partial charge in [-0.25, -0.2) is 12.8 Å². The zero-order valence-electron chi connectivity index (χ0n) is 8.93. The maximum absolute atomic E-state index is 13.0. The van der Waals surface area contributed by atoms with Gasteiger partial charge in [-0.15, -0.1) is 10.2 Å². The Morgan fingerprint density at radius 2 is 2.06 bits per heavy atom. The van der Waals surface area contributed by atoms with Crippen LogP contribution < -0.4 is 0 Å². The molecule has 0 amide bonds. The van der Waals surface area contributed by atoms with E-state index in [4.69, 9.17) is 10.7 Å². The molecule has 0 fully saturated rings. The summed E-state index contributed by atoms with van der Waals surface area (Å²) in [5.74, 6) is -0.0749. The molecule has 2 rings (SSSR count). The highest BCUT2D eigenvalue weighted by molar-refractivity contribution is 14.1. The lowest BCUT2D eigenvalue weighted by Crippen LogP contribution is -2.03. The summed E-state index contributed by atoms with van der Waals surface area (Å²) >= 11 is 1.93. The summed E-state index contributed by atoms with van der Waals surface area (Å²) in [4.78, 5) is 0. The van der Waals surface area contributed by atoms with Gasteiger partial charge in [0, 0.05) is 26.9 Å². The number of hydrogen-bond acceptors (Lipinski definition) is 4. The monoisotopic (exact) mass is 401 g/mol. The van der Waals surface area contributed by atoms with Crippen molar-refractivity contribution >= 4 is 42.3 Å². The Morgan fingerprint density at radius 3 is 2.56 bits per heavy atom. The van der Waals surface area contributed by atoms with E-state index in [9.17, 15) is 12.8 Å². The quantitative estimate of drug-likeness (QED) is 0.571. The van der Waals surface area contributed by atoms with Gasteiger partial charge >= 0.3 is 0 Å². The van der Waals surface area contributed by atoms with Crippen molar-refractivity contribution in [2.45, 2.75) is 5.16 Å². The molecule has 1 aromatic heterocycles. The van der Waals surface area contributed by atoms with Crippen molar-refractivity contribution in [1.82, 2.24) is 14.8 Å². The van der Waals surface area contributed by atoms with Gasteiger partial charge < -0.3 is 0 Å². The summed E-state index contributed by atoms with van der Waals surface area (Å²) in [5.41, 5.74) is 0.582. The Balaban J connectivity index is 2.63. The molecule has 1 aromatic carbocycles. The summed E-state index contributed by atoms with van der Waals surface area (Å²) < 4.78 is 37.3. The molecule has 5 nitrogen and oxygen atoms in total. The van der Waals surface area contributed by atoms with Crippen LogP contribution in [0.5, 0.6) is 0 Å². The highest BCUT2D eigenvalue weighted by atomic mass is 127. The van der Waals surface area contributed by atoms with E-state index in [1.165, 1.54) is 29.8 Å². The van der Waals surface area contributed by atoms with Crippen molar-refractivity contribution in [2.75, 3.05) is 0 Å². The second kappa shape index (κ2) is 4.74. The Bertz CT molecular complexity index is 717. The third-order valence-corrected chi connectivity index (χ3v) is 4.32. The van der Waals surface area contributed by atoms with Gasteiger partial charge in [0.05, 0.1) is 0 Å². The summed E-state index contributed by atoms with van der Waals surface area (Å²) in [6, 6.07) is 4.09. The fourth-order valence-corrected chi connectivity index (χ4v) is 3.11. The zero-order valence-corrected chi connectivity index (χ0v) is 12.7. The van der Waals surface area contributed by atoms with Crippen LogP contribution >= 0.6 is 33.3 Å². The van der Waals surface area contributed by atoms with Crippen LogP contribution in [0.1, 0.15) is 0 Å². The molecule has 0 saturated heterocycles. The molecule has 0 aliphatic rings. The smallest absolute Gasteiger partial charge is 0.296 e. The standard InChI is InChI=1S/C9H6ClFIN3O2S/c1-15-8(13-14-9(15)18(10,16)17)6-3-2-5(11)4-7(6)12/h2-4H,1H3. The Hall–Kier alpha value is -0.740. The number of halogens is 3. The highest BCUT2D eigenvalue weighted by Crippen LogP contribution is 2.26. The molecule has 96 valence electrons. The third-order valence-electron chi connectivity index (χ3n) is 2.23. The van der Waals surface area contributed by atoms with E-state index in [0.717, 1.165) is 0 Å². The summed E-state index contributed by atoms with van der Waals surface area (Å²) in [5, 5.41) is 6.94. The minimum absolute atomic E-state index is 0.304. The van der Waals surface area contributed by atoms with Crippen LogP contribution in [0.3, 0.4) is 0 Å². The van der Waals surface area contributed by atoms with Gasteiger partial charge in [0.15, 0.2) is 5.82 Å². The first-order valence-electron chi connectivity index (χ1n) is 4.60. The number of benzene rings is 1. The largest absolute Gasteiger partial charge is 0.300 e. The molecule has 0 aliphatic carbocycles. The van der Waals surface area contributed by atoms with Crippen molar-refractivity contribution in [3.8, 4) is 11.4 Å². The van der Waals surface area contributed by atoms with Crippen LogP contribution in [0.15, 0.2) is 23.4 Å². The molecule has 18 heavy (non-hydrogen) atoms. The first kappa shape index (κ1) is 13.7. The Kier molecular flexibility index (Phi) is 3.60. The van der Waals surface area contributed by atoms with E-state index < -0.39 is 9.05 Å². The second-order valence-electron chi connectivity index (χ2n) is 3.43. The Labute approximate surface area is 121 Å². The molecule has 0 bridgehead atoms. The minimum Gasteiger partial charge on any atom is -0.300 e. The predicted octanol–water partition coefficient (Wildman–Crippen LogP) is 2.15. The van der Waals surface area contributed by atoms with Crippen LogP contribution in [-0.2, 0) is 16.1 Å². The molecule has 0 saturated carbocycles. The number of hydrogen-bond donors (Lipinski definition) is 0. The van der Waals surface area contributed by atoms with Gasteiger partial charge in [0.2, 0.25) is 0 Å². The average Bonchev–Trinajstić information content (AvgIpc) is 2.60. The molecule has 0 unspecified atom stereocenters. The predicted molar refractivity (Wildman–Crippen MR) is 72.2 cm³/mol. The van der Waals surface area contributed by atoms with E-state index >= 15 is 0 Å². The minimum atomic E-state index is -3.96. The maximum atomic E-state index is 13.0. The molecule has 0 spiro atoms. The fraction of sp³-hybridized carbons (Fsp3) is 0.111. The lowest BCUT2D eigenvalue weighted by molar-refractivity contribution is 0.593. The highest BCUT2D eigenvalue weighted by Gasteiger charge is 2.21. The molecule has 0 N–H and O–H groups in total. The lowest BCUT2D eigenvalue weighted by atomic mass is 10.2. The maximum Gasteiger partial charge on any atom is 0.296 e. The average molecular weight is 402 g/mol. The van der Waals surface area contributed by atoms with Crippen LogP contribution in [0, 0.1) is 9.39 Å². The van der Waals surface area contributed by atoms with Gasteiger partial charge in [0.25, 0.3) is 14.2 Å². The molecule has 9 heteroatoms.